The van der Waals surface area contributed by atoms with E-state index in [0.717, 1.165) is 29.6 Å². The number of hydrogen-bond acceptors (Lipinski definition) is 4. The molecular formula is C16H19N5. The van der Waals surface area contributed by atoms with Gasteiger partial charge in [0.25, 0.3) is 0 Å². The number of fused-ring (bicyclic) bond motifs is 1. The zero-order chi connectivity index (χ0) is 15.0. The van der Waals surface area contributed by atoms with Crippen LogP contribution in [0.2, 0.25) is 0 Å². The Hall–Kier alpha value is -2.43. The smallest absolute Gasteiger partial charge is 0.146 e. The molecular weight excluding hydrogens is 262 g/mol. The van der Waals surface area contributed by atoms with Crippen molar-refractivity contribution in [2.75, 3.05) is 5.73 Å². The van der Waals surface area contributed by atoms with Crippen LogP contribution in [0.5, 0.6) is 0 Å². The van der Waals surface area contributed by atoms with E-state index in [1.807, 2.05) is 19.2 Å². The van der Waals surface area contributed by atoms with Crippen molar-refractivity contribution in [1.29, 1.82) is 0 Å². The number of nitrogen functional groups attached to an aromatic ring is 1. The zero-order valence-corrected chi connectivity index (χ0v) is 12.6. The maximum absolute atomic E-state index is 6.07. The lowest BCUT2D eigenvalue weighted by Gasteiger charge is -2.08. The van der Waals surface area contributed by atoms with Crippen LogP contribution >= 0.6 is 0 Å². The average Bonchev–Trinajstić information content (AvgIpc) is 2.70. The maximum Gasteiger partial charge on any atom is 0.146 e. The first kappa shape index (κ1) is 13.5. The molecule has 3 rings (SSSR count). The Morgan fingerprint density at radius 3 is 2.71 bits per heavy atom. The number of nitrogens with zero attached hydrogens (tertiary/aromatic N) is 4. The highest BCUT2D eigenvalue weighted by Crippen LogP contribution is 2.27. The molecule has 0 spiro atoms. The van der Waals surface area contributed by atoms with Crippen molar-refractivity contribution in [3.05, 3.63) is 47.2 Å². The second-order valence-electron chi connectivity index (χ2n) is 5.33. The number of nitrogens with two attached hydrogens (primary N) is 1. The van der Waals surface area contributed by atoms with E-state index >= 15 is 0 Å². The number of aromatic nitrogens is 4. The fraction of sp³-hybridized carbons (Fsp3) is 0.312. The van der Waals surface area contributed by atoms with Crippen molar-refractivity contribution in [1.82, 2.24) is 19.5 Å². The highest BCUT2D eigenvalue weighted by Gasteiger charge is 2.15. The summed E-state index contributed by atoms with van der Waals surface area (Å²) in [6, 6.07) is 4.06. The van der Waals surface area contributed by atoms with Gasteiger partial charge in [-0.2, -0.15) is 0 Å². The van der Waals surface area contributed by atoms with Gasteiger partial charge in [0.1, 0.15) is 17.3 Å². The lowest BCUT2D eigenvalue weighted by molar-refractivity contribution is 0.692. The van der Waals surface area contributed by atoms with Crippen LogP contribution < -0.4 is 5.73 Å². The van der Waals surface area contributed by atoms with E-state index in [1.54, 1.807) is 6.20 Å². The fourth-order valence-electron chi connectivity index (χ4n) is 2.74. The van der Waals surface area contributed by atoms with Gasteiger partial charge in [-0.25, -0.2) is 9.97 Å². The van der Waals surface area contributed by atoms with Crippen LogP contribution in [0, 0.1) is 20.8 Å². The molecule has 0 amide bonds. The summed E-state index contributed by atoms with van der Waals surface area (Å²) in [5.41, 5.74) is 10.6. The molecule has 21 heavy (non-hydrogen) atoms. The molecule has 0 aliphatic carbocycles. The minimum absolute atomic E-state index is 0.568. The standard InChI is InChI=1S/C16H19N5/c1-10-11(2)21(8-6-13-5-4-7-18-9-13)16-14(10)15(17)19-12(3)20-16/h4-5,7,9H,6,8H2,1-3H3,(H2,17,19,20). The second kappa shape index (κ2) is 5.16. The quantitative estimate of drug-likeness (QED) is 0.801. The summed E-state index contributed by atoms with van der Waals surface area (Å²) in [7, 11) is 0. The number of anilines is 1. The maximum atomic E-state index is 6.07. The first-order chi connectivity index (χ1) is 10.1. The van der Waals surface area contributed by atoms with Crippen molar-refractivity contribution in [3.8, 4) is 0 Å². The Morgan fingerprint density at radius 1 is 1.19 bits per heavy atom. The Kier molecular flexibility index (Phi) is 3.33. The van der Waals surface area contributed by atoms with Gasteiger partial charge < -0.3 is 10.3 Å². The largest absolute Gasteiger partial charge is 0.383 e. The molecule has 3 heterocycles. The van der Waals surface area contributed by atoms with Gasteiger partial charge in [-0.1, -0.05) is 6.07 Å². The van der Waals surface area contributed by atoms with Crippen LogP contribution in [0.15, 0.2) is 24.5 Å². The lowest BCUT2D eigenvalue weighted by atomic mass is 10.2. The molecule has 0 saturated heterocycles. The molecule has 0 saturated carbocycles. The summed E-state index contributed by atoms with van der Waals surface area (Å²) < 4.78 is 2.22. The molecule has 0 fully saturated rings. The summed E-state index contributed by atoms with van der Waals surface area (Å²) in [5, 5.41) is 0.976. The summed E-state index contributed by atoms with van der Waals surface area (Å²) in [6.45, 7) is 6.92. The molecule has 0 aromatic carbocycles. The molecule has 0 atom stereocenters. The SMILES string of the molecule is Cc1nc(N)c2c(C)c(C)n(CCc3cccnc3)c2n1. The van der Waals surface area contributed by atoms with E-state index in [2.05, 4.69) is 39.4 Å². The Labute approximate surface area is 123 Å². The summed E-state index contributed by atoms with van der Waals surface area (Å²) in [6.07, 6.45) is 4.62. The molecule has 0 unspecified atom stereocenters. The normalized spacial score (nSPS) is 11.2. The van der Waals surface area contributed by atoms with Gasteiger partial charge in [0.15, 0.2) is 0 Å². The predicted molar refractivity (Wildman–Crippen MR) is 84.1 cm³/mol. The molecule has 0 radical (unpaired) electrons. The Morgan fingerprint density at radius 2 is 2.00 bits per heavy atom. The second-order valence-corrected chi connectivity index (χ2v) is 5.33. The third kappa shape index (κ3) is 2.35. The van der Waals surface area contributed by atoms with Crippen LogP contribution in [-0.2, 0) is 13.0 Å². The molecule has 3 aromatic rings. The minimum Gasteiger partial charge on any atom is -0.383 e. The van der Waals surface area contributed by atoms with Crippen LogP contribution in [0.4, 0.5) is 5.82 Å². The van der Waals surface area contributed by atoms with Gasteiger partial charge in [-0.3, -0.25) is 4.98 Å². The molecule has 5 nitrogen and oxygen atoms in total. The Balaban J connectivity index is 2.04. The van der Waals surface area contributed by atoms with Crippen molar-refractivity contribution in [2.24, 2.45) is 0 Å². The highest BCUT2D eigenvalue weighted by atomic mass is 15.1. The molecule has 5 heteroatoms. The molecule has 0 aliphatic heterocycles. The van der Waals surface area contributed by atoms with E-state index in [0.29, 0.717) is 11.6 Å². The van der Waals surface area contributed by atoms with Crippen LogP contribution in [-0.4, -0.2) is 19.5 Å². The Bertz CT molecular complexity index is 790. The van der Waals surface area contributed by atoms with Crippen molar-refractivity contribution in [2.45, 2.75) is 33.7 Å². The predicted octanol–water partition coefficient (Wildman–Crippen LogP) is 2.58. The van der Waals surface area contributed by atoms with E-state index in [-0.39, 0.29) is 0 Å². The zero-order valence-electron chi connectivity index (χ0n) is 12.6. The number of pyridine rings is 1. The molecule has 3 aromatic heterocycles. The first-order valence-corrected chi connectivity index (χ1v) is 7.06. The van der Waals surface area contributed by atoms with E-state index in [1.165, 1.54) is 11.3 Å². The minimum atomic E-state index is 0.568. The average molecular weight is 281 g/mol. The van der Waals surface area contributed by atoms with Gasteiger partial charge in [0.05, 0.1) is 5.39 Å². The van der Waals surface area contributed by atoms with Gasteiger partial charge in [-0.15, -0.1) is 0 Å². The van der Waals surface area contributed by atoms with E-state index < -0.39 is 0 Å². The fourth-order valence-corrected chi connectivity index (χ4v) is 2.74. The summed E-state index contributed by atoms with van der Waals surface area (Å²) in [5.74, 6) is 1.28. The third-order valence-electron chi connectivity index (χ3n) is 3.95. The third-order valence-corrected chi connectivity index (χ3v) is 3.95. The number of aryl methyl sites for hydroxylation is 4. The number of hydrogen-bond donors (Lipinski definition) is 1. The molecule has 0 bridgehead atoms. The van der Waals surface area contributed by atoms with Crippen LogP contribution in [0.25, 0.3) is 11.0 Å². The van der Waals surface area contributed by atoms with Gasteiger partial charge in [0.2, 0.25) is 0 Å². The first-order valence-electron chi connectivity index (χ1n) is 7.06. The molecule has 2 N–H and O–H groups in total. The summed E-state index contributed by atoms with van der Waals surface area (Å²) >= 11 is 0. The van der Waals surface area contributed by atoms with Crippen molar-refractivity contribution < 1.29 is 0 Å². The van der Waals surface area contributed by atoms with Gasteiger partial charge >= 0.3 is 0 Å². The van der Waals surface area contributed by atoms with E-state index in [9.17, 15) is 0 Å². The lowest BCUT2D eigenvalue weighted by Crippen LogP contribution is -2.06. The highest BCUT2D eigenvalue weighted by molar-refractivity contribution is 5.91. The van der Waals surface area contributed by atoms with Crippen LogP contribution in [0.3, 0.4) is 0 Å². The summed E-state index contributed by atoms with van der Waals surface area (Å²) in [4.78, 5) is 13.0. The van der Waals surface area contributed by atoms with Gasteiger partial charge in [0, 0.05) is 24.6 Å². The van der Waals surface area contributed by atoms with Crippen molar-refractivity contribution >= 4 is 16.9 Å². The number of rotatable bonds is 3. The monoisotopic (exact) mass is 281 g/mol. The topological polar surface area (TPSA) is 69.6 Å². The van der Waals surface area contributed by atoms with E-state index in [4.69, 9.17) is 5.73 Å². The van der Waals surface area contributed by atoms with Gasteiger partial charge in [-0.05, 0) is 44.4 Å². The van der Waals surface area contributed by atoms with Crippen LogP contribution in [0.1, 0.15) is 22.6 Å². The molecule has 108 valence electrons. The van der Waals surface area contributed by atoms with Crippen molar-refractivity contribution in [3.63, 3.8) is 0 Å². The molecule has 0 aliphatic rings.